The van der Waals surface area contributed by atoms with Crippen molar-refractivity contribution in [3.05, 3.63) is 0 Å². The first-order valence-electron chi connectivity index (χ1n) is 4.68. The van der Waals surface area contributed by atoms with Crippen LogP contribution in [0, 0.1) is 0 Å². The lowest BCUT2D eigenvalue weighted by molar-refractivity contribution is -0.162. The molecular formula is C8H13F3N2O2. The smallest absolute Gasteiger partial charge is 0.422 e. The first kappa shape index (κ1) is 12.1. The molecule has 1 heterocycles. The third kappa shape index (κ3) is 4.87. The van der Waals surface area contributed by atoms with Gasteiger partial charge in [-0.2, -0.15) is 13.2 Å². The number of hydrogen-bond acceptors (Lipinski definition) is 3. The summed E-state index contributed by atoms with van der Waals surface area (Å²) in [6.07, 6.45) is -4.63. The lowest BCUT2D eigenvalue weighted by atomic mass is 10.4. The Hall–Kier alpha value is -0.980. The lowest BCUT2D eigenvalue weighted by Crippen LogP contribution is -2.36. The monoisotopic (exact) mass is 226 g/mol. The first-order chi connectivity index (χ1) is 6.99. The van der Waals surface area contributed by atoms with E-state index in [1.54, 1.807) is 0 Å². The third-order valence-corrected chi connectivity index (χ3v) is 1.96. The number of amides is 1. The summed E-state index contributed by atoms with van der Waals surface area (Å²) in [5, 5.41) is 3.03. The number of nitrogens with one attached hydrogen (secondary N) is 1. The molecule has 0 radical (unpaired) electrons. The maximum Gasteiger partial charge on any atom is 0.422 e. The summed E-state index contributed by atoms with van der Waals surface area (Å²) in [6, 6.07) is 0. The van der Waals surface area contributed by atoms with Gasteiger partial charge < -0.3 is 15.0 Å². The van der Waals surface area contributed by atoms with E-state index in [-0.39, 0.29) is 0 Å². The first-order valence-corrected chi connectivity index (χ1v) is 4.68. The molecule has 1 fully saturated rings. The van der Waals surface area contributed by atoms with Crippen LogP contribution in [0.25, 0.3) is 0 Å². The Bertz CT molecular complexity index is 212. The van der Waals surface area contributed by atoms with E-state index in [1.807, 2.05) is 0 Å². The van der Waals surface area contributed by atoms with Gasteiger partial charge in [-0.05, 0) is 13.0 Å². The maximum absolute atomic E-state index is 11.8. The number of ether oxygens (including phenoxy) is 1. The molecule has 0 aromatic rings. The molecule has 88 valence electrons. The van der Waals surface area contributed by atoms with E-state index in [9.17, 15) is 18.0 Å². The number of carbonyl (C=O) groups excluding carboxylic acids is 1. The van der Waals surface area contributed by atoms with Gasteiger partial charge in [0, 0.05) is 19.6 Å². The molecule has 0 saturated carbocycles. The number of carbonyl (C=O) groups is 1. The fraction of sp³-hybridized carbons (Fsp3) is 0.875. The van der Waals surface area contributed by atoms with Gasteiger partial charge in [0.15, 0.2) is 6.61 Å². The average Bonchev–Trinajstić information content (AvgIpc) is 2.41. The van der Waals surface area contributed by atoms with Crippen LogP contribution in [0.5, 0.6) is 0 Å². The molecule has 0 unspecified atom stereocenters. The van der Waals surface area contributed by atoms with Crippen molar-refractivity contribution < 1.29 is 22.7 Å². The Morgan fingerprint density at radius 1 is 1.33 bits per heavy atom. The molecule has 0 spiro atoms. The molecule has 0 aromatic heterocycles. The number of nitrogens with zero attached hydrogens (tertiary/aromatic N) is 1. The summed E-state index contributed by atoms with van der Waals surface area (Å²) in [4.78, 5) is 12.5. The zero-order valence-electron chi connectivity index (χ0n) is 8.14. The van der Waals surface area contributed by atoms with Gasteiger partial charge >= 0.3 is 12.3 Å². The average molecular weight is 226 g/mol. The molecule has 0 bridgehead atoms. The summed E-state index contributed by atoms with van der Waals surface area (Å²) in [5.41, 5.74) is 0. The molecule has 0 atom stereocenters. The normalized spacial score (nSPS) is 18.5. The van der Waals surface area contributed by atoms with Crippen molar-refractivity contribution in [1.82, 2.24) is 10.2 Å². The Kier molecular flexibility index (Phi) is 4.19. The summed E-state index contributed by atoms with van der Waals surface area (Å²) >= 11 is 0. The zero-order chi connectivity index (χ0) is 11.3. The van der Waals surface area contributed by atoms with Crippen molar-refractivity contribution in [2.24, 2.45) is 0 Å². The van der Waals surface area contributed by atoms with Crippen molar-refractivity contribution in [3.8, 4) is 0 Å². The van der Waals surface area contributed by atoms with Gasteiger partial charge in [0.1, 0.15) is 0 Å². The molecule has 1 N–H and O–H groups in total. The molecule has 1 aliphatic rings. The highest BCUT2D eigenvalue weighted by Crippen LogP contribution is 2.15. The van der Waals surface area contributed by atoms with Crippen LogP contribution < -0.4 is 5.32 Å². The van der Waals surface area contributed by atoms with E-state index >= 15 is 0 Å². The van der Waals surface area contributed by atoms with Crippen LogP contribution >= 0.6 is 0 Å². The minimum absolute atomic E-state index is 0.386. The van der Waals surface area contributed by atoms with Gasteiger partial charge in [-0.25, -0.2) is 4.79 Å². The number of halogens is 3. The Morgan fingerprint density at radius 2 is 2.07 bits per heavy atom. The van der Waals surface area contributed by atoms with Gasteiger partial charge in [0.25, 0.3) is 0 Å². The quantitative estimate of drug-likeness (QED) is 0.724. The van der Waals surface area contributed by atoms with Crippen molar-refractivity contribution >= 4 is 6.09 Å². The molecule has 15 heavy (non-hydrogen) atoms. The Labute approximate surface area is 85.4 Å². The second-order valence-electron chi connectivity index (χ2n) is 3.26. The molecule has 1 aliphatic heterocycles. The highest BCUT2D eigenvalue weighted by atomic mass is 19.4. The number of hydrogen-bond donors (Lipinski definition) is 1. The van der Waals surface area contributed by atoms with Crippen LogP contribution in [-0.2, 0) is 4.74 Å². The minimum Gasteiger partial charge on any atom is -0.440 e. The summed E-state index contributed by atoms with van der Waals surface area (Å²) < 4.78 is 39.4. The third-order valence-electron chi connectivity index (χ3n) is 1.96. The molecule has 4 nitrogen and oxygen atoms in total. The number of rotatable bonds is 1. The predicted molar refractivity (Wildman–Crippen MR) is 46.5 cm³/mol. The van der Waals surface area contributed by atoms with Crippen LogP contribution in [0.15, 0.2) is 0 Å². The van der Waals surface area contributed by atoms with E-state index in [4.69, 9.17) is 0 Å². The topological polar surface area (TPSA) is 41.6 Å². The number of alkyl halides is 3. The van der Waals surface area contributed by atoms with E-state index in [0.717, 1.165) is 13.0 Å². The standard InChI is InChI=1S/C8H13F3N2O2/c9-8(10,11)6-15-7(14)13-4-1-2-12-3-5-13/h12H,1-6H2. The van der Waals surface area contributed by atoms with Crippen LogP contribution in [-0.4, -0.2) is 50.0 Å². The SMILES string of the molecule is O=C(OCC(F)(F)F)N1CCCNCC1. The van der Waals surface area contributed by atoms with Crippen LogP contribution in [0.4, 0.5) is 18.0 Å². The maximum atomic E-state index is 11.8. The molecule has 1 saturated heterocycles. The predicted octanol–water partition coefficient (Wildman–Crippen LogP) is 0.981. The fourth-order valence-electron chi connectivity index (χ4n) is 1.26. The van der Waals surface area contributed by atoms with Gasteiger partial charge in [0.05, 0.1) is 0 Å². The largest absolute Gasteiger partial charge is 0.440 e. The second-order valence-corrected chi connectivity index (χ2v) is 3.26. The van der Waals surface area contributed by atoms with Crippen molar-refractivity contribution in [2.75, 3.05) is 32.8 Å². The molecule has 0 aliphatic carbocycles. The molecular weight excluding hydrogens is 213 g/mol. The van der Waals surface area contributed by atoms with E-state index < -0.39 is 18.9 Å². The Balaban J connectivity index is 2.32. The van der Waals surface area contributed by atoms with Crippen molar-refractivity contribution in [1.29, 1.82) is 0 Å². The van der Waals surface area contributed by atoms with Gasteiger partial charge in [-0.1, -0.05) is 0 Å². The minimum atomic E-state index is -4.46. The van der Waals surface area contributed by atoms with E-state index in [1.165, 1.54) is 4.90 Å². The highest BCUT2D eigenvalue weighted by molar-refractivity contribution is 5.67. The molecule has 1 rings (SSSR count). The highest BCUT2D eigenvalue weighted by Gasteiger charge is 2.30. The van der Waals surface area contributed by atoms with Gasteiger partial charge in [-0.15, -0.1) is 0 Å². The zero-order valence-corrected chi connectivity index (χ0v) is 8.14. The van der Waals surface area contributed by atoms with Crippen molar-refractivity contribution in [2.45, 2.75) is 12.6 Å². The van der Waals surface area contributed by atoms with Crippen LogP contribution in [0.2, 0.25) is 0 Å². The van der Waals surface area contributed by atoms with Crippen molar-refractivity contribution in [3.63, 3.8) is 0 Å². The van der Waals surface area contributed by atoms with E-state index in [2.05, 4.69) is 10.1 Å². The second kappa shape index (κ2) is 5.20. The van der Waals surface area contributed by atoms with Crippen LogP contribution in [0.1, 0.15) is 6.42 Å². The van der Waals surface area contributed by atoms with Crippen LogP contribution in [0.3, 0.4) is 0 Å². The molecule has 1 amide bonds. The fourth-order valence-corrected chi connectivity index (χ4v) is 1.26. The summed E-state index contributed by atoms with van der Waals surface area (Å²) in [6.45, 7) is 0.653. The van der Waals surface area contributed by atoms with Gasteiger partial charge in [-0.3, -0.25) is 0 Å². The van der Waals surface area contributed by atoms with Gasteiger partial charge in [0.2, 0.25) is 0 Å². The summed E-state index contributed by atoms with van der Waals surface area (Å²) in [5.74, 6) is 0. The Morgan fingerprint density at radius 3 is 2.73 bits per heavy atom. The lowest BCUT2D eigenvalue weighted by Gasteiger charge is -2.19. The van der Waals surface area contributed by atoms with E-state index in [0.29, 0.717) is 19.6 Å². The molecule has 7 heteroatoms. The summed E-state index contributed by atoms with van der Waals surface area (Å²) in [7, 11) is 0. The molecule has 0 aromatic carbocycles.